The summed E-state index contributed by atoms with van der Waals surface area (Å²) in [6.45, 7) is 5.77. The van der Waals surface area contributed by atoms with Gasteiger partial charge in [-0.15, -0.1) is 11.3 Å². The standard InChI is InChI=1S/C19H25N3O4S/c1-19(2,3)26-18(24)20-11-5-6-16(23)22-17-21-15(12-27-17)13-7-9-14(25-4)10-8-13/h7-10,12H,5-6,11H2,1-4H3,(H,20,24)(H,21,22,23). The highest BCUT2D eigenvalue weighted by Gasteiger charge is 2.15. The first-order valence-electron chi connectivity index (χ1n) is 8.63. The van der Waals surface area contributed by atoms with E-state index in [1.165, 1.54) is 11.3 Å². The lowest BCUT2D eigenvalue weighted by Crippen LogP contribution is -2.33. The van der Waals surface area contributed by atoms with Crippen LogP contribution in [0.5, 0.6) is 5.75 Å². The van der Waals surface area contributed by atoms with Crippen LogP contribution in [-0.2, 0) is 9.53 Å². The van der Waals surface area contributed by atoms with Crippen LogP contribution < -0.4 is 15.4 Å². The van der Waals surface area contributed by atoms with Crippen molar-refractivity contribution in [1.82, 2.24) is 10.3 Å². The largest absolute Gasteiger partial charge is 0.497 e. The molecule has 2 aromatic rings. The van der Waals surface area contributed by atoms with Crippen LogP contribution >= 0.6 is 11.3 Å². The summed E-state index contributed by atoms with van der Waals surface area (Å²) < 4.78 is 10.3. The second-order valence-corrected chi connectivity index (χ2v) is 7.70. The normalized spacial score (nSPS) is 11.0. The van der Waals surface area contributed by atoms with E-state index in [0.717, 1.165) is 17.0 Å². The summed E-state index contributed by atoms with van der Waals surface area (Å²) in [7, 11) is 1.62. The van der Waals surface area contributed by atoms with Crippen LogP contribution in [0.25, 0.3) is 11.3 Å². The Morgan fingerprint density at radius 1 is 1.19 bits per heavy atom. The topological polar surface area (TPSA) is 89.6 Å². The molecule has 0 bridgehead atoms. The second kappa shape index (κ2) is 9.36. The van der Waals surface area contributed by atoms with E-state index >= 15 is 0 Å². The van der Waals surface area contributed by atoms with Crippen LogP contribution in [0.15, 0.2) is 29.6 Å². The first kappa shape index (κ1) is 20.7. The van der Waals surface area contributed by atoms with E-state index in [-0.39, 0.29) is 12.3 Å². The van der Waals surface area contributed by atoms with Gasteiger partial charge in [-0.3, -0.25) is 4.79 Å². The highest BCUT2D eigenvalue weighted by Crippen LogP contribution is 2.26. The van der Waals surface area contributed by atoms with Crippen LogP contribution in [0.3, 0.4) is 0 Å². The quantitative estimate of drug-likeness (QED) is 0.695. The zero-order valence-electron chi connectivity index (χ0n) is 16.0. The third kappa shape index (κ3) is 7.26. The SMILES string of the molecule is COc1ccc(-c2csc(NC(=O)CCCNC(=O)OC(C)(C)C)n2)cc1. The number of hydrogen-bond acceptors (Lipinski definition) is 6. The van der Waals surface area contributed by atoms with Crippen LogP contribution in [-0.4, -0.2) is 36.2 Å². The Bertz CT molecular complexity index is 766. The molecule has 8 heteroatoms. The van der Waals surface area contributed by atoms with Crippen molar-refractivity contribution in [3.63, 3.8) is 0 Å². The molecule has 2 rings (SSSR count). The fourth-order valence-corrected chi connectivity index (χ4v) is 2.90. The number of ether oxygens (including phenoxy) is 2. The van der Waals surface area contributed by atoms with Crippen molar-refractivity contribution < 1.29 is 19.1 Å². The Morgan fingerprint density at radius 3 is 2.52 bits per heavy atom. The Balaban J connectivity index is 1.74. The molecule has 27 heavy (non-hydrogen) atoms. The van der Waals surface area contributed by atoms with E-state index in [2.05, 4.69) is 15.6 Å². The summed E-state index contributed by atoms with van der Waals surface area (Å²) in [5.74, 6) is 0.638. The van der Waals surface area contributed by atoms with E-state index in [4.69, 9.17) is 9.47 Å². The van der Waals surface area contributed by atoms with Crippen LogP contribution in [0, 0.1) is 0 Å². The number of anilines is 1. The number of methoxy groups -OCH3 is 1. The van der Waals surface area contributed by atoms with Gasteiger partial charge in [-0.25, -0.2) is 9.78 Å². The zero-order chi connectivity index (χ0) is 19.9. The lowest BCUT2D eigenvalue weighted by atomic mass is 10.2. The molecule has 0 radical (unpaired) electrons. The molecular formula is C19H25N3O4S. The zero-order valence-corrected chi connectivity index (χ0v) is 16.8. The van der Waals surface area contributed by atoms with Crippen molar-refractivity contribution in [1.29, 1.82) is 0 Å². The molecule has 0 saturated carbocycles. The highest BCUT2D eigenvalue weighted by atomic mass is 32.1. The number of nitrogens with one attached hydrogen (secondary N) is 2. The maximum atomic E-state index is 12.0. The van der Waals surface area contributed by atoms with Crippen LogP contribution in [0.1, 0.15) is 33.6 Å². The molecule has 2 amide bonds. The van der Waals surface area contributed by atoms with E-state index in [1.807, 2.05) is 29.6 Å². The summed E-state index contributed by atoms with van der Waals surface area (Å²) in [5, 5.41) is 7.85. The summed E-state index contributed by atoms with van der Waals surface area (Å²) in [6, 6.07) is 7.57. The average Bonchev–Trinajstić information content (AvgIpc) is 3.05. The summed E-state index contributed by atoms with van der Waals surface area (Å²) in [6.07, 6.45) is 0.321. The number of amides is 2. The van der Waals surface area contributed by atoms with Gasteiger partial charge in [0.1, 0.15) is 11.4 Å². The molecule has 0 aliphatic heterocycles. The molecule has 1 aromatic carbocycles. The average molecular weight is 391 g/mol. The number of carbonyl (C=O) groups excluding carboxylic acids is 2. The van der Waals surface area contributed by atoms with Crippen molar-refractivity contribution in [2.45, 2.75) is 39.2 Å². The van der Waals surface area contributed by atoms with Crippen molar-refractivity contribution in [2.75, 3.05) is 19.0 Å². The minimum atomic E-state index is -0.534. The second-order valence-electron chi connectivity index (χ2n) is 6.85. The third-order valence-corrected chi connectivity index (χ3v) is 4.14. The highest BCUT2D eigenvalue weighted by molar-refractivity contribution is 7.14. The smallest absolute Gasteiger partial charge is 0.407 e. The number of rotatable bonds is 7. The summed E-state index contributed by atoms with van der Waals surface area (Å²) in [4.78, 5) is 28.0. The van der Waals surface area contributed by atoms with Gasteiger partial charge in [0, 0.05) is 23.9 Å². The van der Waals surface area contributed by atoms with Gasteiger partial charge in [0.15, 0.2) is 5.13 Å². The fraction of sp³-hybridized carbons (Fsp3) is 0.421. The summed E-state index contributed by atoms with van der Waals surface area (Å²) >= 11 is 1.37. The lowest BCUT2D eigenvalue weighted by molar-refractivity contribution is -0.116. The number of aromatic nitrogens is 1. The number of benzene rings is 1. The molecule has 2 N–H and O–H groups in total. The number of thiazole rings is 1. The molecule has 0 spiro atoms. The molecular weight excluding hydrogens is 366 g/mol. The Hall–Kier alpha value is -2.61. The minimum absolute atomic E-state index is 0.142. The lowest BCUT2D eigenvalue weighted by Gasteiger charge is -2.19. The summed E-state index contributed by atoms with van der Waals surface area (Å²) in [5.41, 5.74) is 1.21. The van der Waals surface area contributed by atoms with Gasteiger partial charge in [0.05, 0.1) is 12.8 Å². The third-order valence-electron chi connectivity index (χ3n) is 3.39. The van der Waals surface area contributed by atoms with Crippen LogP contribution in [0.4, 0.5) is 9.93 Å². The van der Waals surface area contributed by atoms with Crippen molar-refractivity contribution in [2.24, 2.45) is 0 Å². The number of hydrogen-bond donors (Lipinski definition) is 2. The van der Waals surface area contributed by atoms with Gasteiger partial charge in [-0.05, 0) is 51.5 Å². The predicted molar refractivity (Wildman–Crippen MR) is 106 cm³/mol. The number of nitrogens with zero attached hydrogens (tertiary/aromatic N) is 1. The van der Waals surface area contributed by atoms with E-state index in [1.54, 1.807) is 27.9 Å². The molecule has 146 valence electrons. The van der Waals surface area contributed by atoms with Gasteiger partial charge in [0.2, 0.25) is 5.91 Å². The molecule has 0 aliphatic rings. The first-order chi connectivity index (χ1) is 12.8. The minimum Gasteiger partial charge on any atom is -0.497 e. The molecule has 7 nitrogen and oxygen atoms in total. The molecule has 1 heterocycles. The van der Waals surface area contributed by atoms with Crippen molar-refractivity contribution >= 4 is 28.5 Å². The Labute approximate surface area is 163 Å². The van der Waals surface area contributed by atoms with Gasteiger partial charge in [0.25, 0.3) is 0 Å². The molecule has 0 unspecified atom stereocenters. The van der Waals surface area contributed by atoms with Gasteiger partial charge < -0.3 is 20.1 Å². The van der Waals surface area contributed by atoms with E-state index in [9.17, 15) is 9.59 Å². The van der Waals surface area contributed by atoms with Crippen molar-refractivity contribution in [3.8, 4) is 17.0 Å². The predicted octanol–water partition coefficient (Wildman–Crippen LogP) is 4.06. The number of carbonyl (C=O) groups is 2. The monoisotopic (exact) mass is 391 g/mol. The van der Waals surface area contributed by atoms with Gasteiger partial charge >= 0.3 is 6.09 Å². The first-order valence-corrected chi connectivity index (χ1v) is 9.51. The van der Waals surface area contributed by atoms with E-state index < -0.39 is 11.7 Å². The molecule has 1 aromatic heterocycles. The van der Waals surface area contributed by atoms with Crippen molar-refractivity contribution in [3.05, 3.63) is 29.6 Å². The molecule has 0 saturated heterocycles. The van der Waals surface area contributed by atoms with E-state index in [0.29, 0.717) is 18.1 Å². The Kier molecular flexibility index (Phi) is 7.18. The maximum absolute atomic E-state index is 12.0. The maximum Gasteiger partial charge on any atom is 0.407 e. The molecule has 0 fully saturated rings. The molecule has 0 atom stereocenters. The molecule has 0 aliphatic carbocycles. The Morgan fingerprint density at radius 2 is 1.89 bits per heavy atom. The number of alkyl carbamates (subject to hydrolysis) is 1. The van der Waals surface area contributed by atoms with Crippen LogP contribution in [0.2, 0.25) is 0 Å². The van der Waals surface area contributed by atoms with Gasteiger partial charge in [-0.1, -0.05) is 0 Å². The van der Waals surface area contributed by atoms with Gasteiger partial charge in [-0.2, -0.15) is 0 Å². The fourth-order valence-electron chi connectivity index (χ4n) is 2.16.